The molecule has 0 atom stereocenters. The van der Waals surface area contributed by atoms with Gasteiger partial charge >= 0.3 is 5.69 Å². The van der Waals surface area contributed by atoms with Gasteiger partial charge in [-0.3, -0.25) is 15.5 Å². The number of hydrogen-bond donors (Lipinski definition) is 3. The zero-order chi connectivity index (χ0) is 22.4. The van der Waals surface area contributed by atoms with Crippen LogP contribution >= 0.6 is 0 Å². The second-order valence-corrected chi connectivity index (χ2v) is 7.98. The zero-order valence-corrected chi connectivity index (χ0v) is 17.5. The summed E-state index contributed by atoms with van der Waals surface area (Å²) in [4.78, 5) is 20.8. The van der Waals surface area contributed by atoms with Gasteiger partial charge in [0, 0.05) is 5.69 Å². The van der Waals surface area contributed by atoms with Crippen molar-refractivity contribution in [2.45, 2.75) is 18.7 Å². The Morgan fingerprint density at radius 3 is 2.29 bits per heavy atom. The largest absolute Gasteiger partial charge is 0.494 e. The maximum atomic E-state index is 12.4. The van der Waals surface area contributed by atoms with E-state index in [1.165, 1.54) is 12.1 Å². The second-order valence-electron chi connectivity index (χ2n) is 6.30. The minimum atomic E-state index is -3.98. The van der Waals surface area contributed by atoms with Crippen molar-refractivity contribution in [2.75, 3.05) is 17.3 Å². The molecule has 0 unspecified atom stereocenters. The van der Waals surface area contributed by atoms with Gasteiger partial charge < -0.3 is 10.1 Å². The molecule has 3 N–H and O–H groups in total. The predicted molar refractivity (Wildman–Crippen MR) is 115 cm³/mol. The van der Waals surface area contributed by atoms with Gasteiger partial charge in [0.25, 0.3) is 10.0 Å². The molecule has 31 heavy (non-hydrogen) atoms. The fourth-order valence-electron chi connectivity index (χ4n) is 2.56. The van der Waals surface area contributed by atoms with Crippen LogP contribution in [0.15, 0.2) is 59.8 Å². The summed E-state index contributed by atoms with van der Waals surface area (Å²) < 4.78 is 30.3. The summed E-state index contributed by atoms with van der Waals surface area (Å²) in [5.74, 6) is 0.225. The highest BCUT2D eigenvalue weighted by molar-refractivity contribution is 7.89. The minimum Gasteiger partial charge on any atom is -0.494 e. The van der Waals surface area contributed by atoms with Gasteiger partial charge in [-0.15, -0.1) is 4.83 Å². The summed E-state index contributed by atoms with van der Waals surface area (Å²) in [7, 11) is -3.98. The van der Waals surface area contributed by atoms with Crippen molar-refractivity contribution in [2.24, 2.45) is 0 Å². The molecule has 0 bridgehead atoms. The van der Waals surface area contributed by atoms with Crippen molar-refractivity contribution in [1.82, 2.24) is 14.8 Å². The summed E-state index contributed by atoms with van der Waals surface area (Å²) in [5.41, 5.74) is 3.20. The summed E-state index contributed by atoms with van der Waals surface area (Å²) in [5, 5.41) is 14.5. The number of hydrazine groups is 1. The number of aromatic nitrogens is 2. The maximum absolute atomic E-state index is 12.4. The summed E-state index contributed by atoms with van der Waals surface area (Å²) in [6.45, 7) is 4.20. The molecule has 0 fully saturated rings. The van der Waals surface area contributed by atoms with E-state index >= 15 is 0 Å². The molecule has 1 heterocycles. The molecule has 0 aliphatic heterocycles. The first-order chi connectivity index (χ1) is 14.8. The average Bonchev–Trinajstić information content (AvgIpc) is 2.74. The lowest BCUT2D eigenvalue weighted by Crippen LogP contribution is -2.30. The lowest BCUT2D eigenvalue weighted by Gasteiger charge is -2.12. The molecule has 11 nitrogen and oxygen atoms in total. The number of anilines is 3. The number of benzene rings is 2. The van der Waals surface area contributed by atoms with E-state index in [1.54, 1.807) is 36.4 Å². The van der Waals surface area contributed by atoms with Crippen molar-refractivity contribution in [3.05, 3.63) is 70.5 Å². The second kappa shape index (κ2) is 9.36. The van der Waals surface area contributed by atoms with Crippen molar-refractivity contribution in [1.29, 1.82) is 0 Å². The van der Waals surface area contributed by atoms with E-state index in [-0.39, 0.29) is 16.5 Å². The molecule has 1 aromatic heterocycles. The highest BCUT2D eigenvalue weighted by Crippen LogP contribution is 2.31. The standard InChI is InChI=1S/C19H20N6O5S/c1-3-30-15-8-6-14(7-9-15)22-18-17(25(26)27)19(21-12-20-18)23-24-31(28,29)16-10-4-13(2)5-11-16/h4-12,24H,3H2,1-2H3,(H2,20,21,22,23). The van der Waals surface area contributed by atoms with Crippen LogP contribution in [-0.4, -0.2) is 29.9 Å². The zero-order valence-electron chi connectivity index (χ0n) is 16.7. The van der Waals surface area contributed by atoms with Gasteiger partial charge in [0.2, 0.25) is 11.6 Å². The fourth-order valence-corrected chi connectivity index (χ4v) is 3.41. The molecule has 0 amide bonds. The van der Waals surface area contributed by atoms with Crippen molar-refractivity contribution >= 4 is 33.0 Å². The van der Waals surface area contributed by atoms with Crippen molar-refractivity contribution < 1.29 is 18.1 Å². The molecule has 0 saturated carbocycles. The van der Waals surface area contributed by atoms with E-state index in [0.29, 0.717) is 18.0 Å². The third-order valence-corrected chi connectivity index (χ3v) is 5.33. The van der Waals surface area contributed by atoms with Gasteiger partial charge in [-0.25, -0.2) is 18.4 Å². The minimum absolute atomic E-state index is 0.00459. The Labute approximate surface area is 178 Å². The molecule has 0 aliphatic rings. The number of aryl methyl sites for hydroxylation is 1. The lowest BCUT2D eigenvalue weighted by molar-refractivity contribution is -0.383. The Morgan fingerprint density at radius 1 is 1.03 bits per heavy atom. The molecule has 0 aliphatic carbocycles. The van der Waals surface area contributed by atoms with E-state index < -0.39 is 20.6 Å². The highest BCUT2D eigenvalue weighted by Gasteiger charge is 2.25. The van der Waals surface area contributed by atoms with Crippen LogP contribution in [-0.2, 0) is 10.0 Å². The smallest absolute Gasteiger partial charge is 0.354 e. The summed E-state index contributed by atoms with van der Waals surface area (Å²) >= 11 is 0. The average molecular weight is 444 g/mol. The first kappa shape index (κ1) is 21.9. The van der Waals surface area contributed by atoms with Gasteiger partial charge in [-0.05, 0) is 50.2 Å². The third-order valence-electron chi connectivity index (χ3n) is 4.07. The van der Waals surface area contributed by atoms with Crippen LogP contribution in [0, 0.1) is 17.0 Å². The lowest BCUT2D eigenvalue weighted by atomic mass is 10.2. The number of hydrogen-bond acceptors (Lipinski definition) is 9. The van der Waals surface area contributed by atoms with Crippen LogP contribution < -0.4 is 20.3 Å². The van der Waals surface area contributed by atoms with Crippen LogP contribution in [0.25, 0.3) is 0 Å². The number of sulfonamides is 1. The third kappa shape index (κ3) is 5.43. The Morgan fingerprint density at radius 2 is 1.68 bits per heavy atom. The van der Waals surface area contributed by atoms with E-state index in [1.807, 2.05) is 13.8 Å². The highest BCUT2D eigenvalue weighted by atomic mass is 32.2. The number of rotatable bonds is 9. The van der Waals surface area contributed by atoms with Gasteiger partial charge in [-0.1, -0.05) is 17.7 Å². The van der Waals surface area contributed by atoms with E-state index in [9.17, 15) is 18.5 Å². The van der Waals surface area contributed by atoms with Crippen LogP contribution in [0.5, 0.6) is 5.75 Å². The molecule has 162 valence electrons. The van der Waals surface area contributed by atoms with E-state index in [4.69, 9.17) is 4.74 Å². The maximum Gasteiger partial charge on any atom is 0.354 e. The van der Waals surface area contributed by atoms with Gasteiger partial charge in [0.15, 0.2) is 0 Å². The van der Waals surface area contributed by atoms with E-state index in [2.05, 4.69) is 25.5 Å². The molecular formula is C19H20N6O5S. The van der Waals surface area contributed by atoms with Crippen LogP contribution in [0.3, 0.4) is 0 Å². The predicted octanol–water partition coefficient (Wildman–Crippen LogP) is 3.14. The first-order valence-corrected chi connectivity index (χ1v) is 10.6. The van der Waals surface area contributed by atoms with Crippen LogP contribution in [0.2, 0.25) is 0 Å². The number of ether oxygens (including phenoxy) is 1. The van der Waals surface area contributed by atoms with Crippen LogP contribution in [0.4, 0.5) is 23.0 Å². The molecule has 3 aromatic rings. The summed E-state index contributed by atoms with van der Waals surface area (Å²) in [6.07, 6.45) is 1.08. The molecule has 0 spiro atoms. The molecule has 0 saturated heterocycles. The summed E-state index contributed by atoms with van der Waals surface area (Å²) in [6, 6.07) is 12.9. The molecule has 3 rings (SSSR count). The Kier molecular flexibility index (Phi) is 6.62. The van der Waals surface area contributed by atoms with Crippen molar-refractivity contribution in [3.63, 3.8) is 0 Å². The first-order valence-electron chi connectivity index (χ1n) is 9.14. The number of nitrogens with one attached hydrogen (secondary N) is 3. The molecule has 0 radical (unpaired) electrons. The number of nitro groups is 1. The van der Waals surface area contributed by atoms with Gasteiger partial charge in [0.1, 0.15) is 12.1 Å². The topological polar surface area (TPSA) is 148 Å². The Balaban J connectivity index is 1.83. The van der Waals surface area contributed by atoms with Gasteiger partial charge in [-0.2, -0.15) is 0 Å². The molecular weight excluding hydrogens is 424 g/mol. The SMILES string of the molecule is CCOc1ccc(Nc2ncnc(NNS(=O)(=O)c3ccc(C)cc3)c2[N+](=O)[O-])cc1. The fraction of sp³-hybridized carbons (Fsp3) is 0.158. The Bertz CT molecular complexity index is 1170. The van der Waals surface area contributed by atoms with Gasteiger partial charge in [0.05, 0.1) is 16.4 Å². The molecule has 12 heteroatoms. The number of nitrogens with zero attached hydrogens (tertiary/aromatic N) is 3. The van der Waals surface area contributed by atoms with Crippen molar-refractivity contribution in [3.8, 4) is 5.75 Å². The normalized spacial score (nSPS) is 11.0. The van der Waals surface area contributed by atoms with Crippen LogP contribution in [0.1, 0.15) is 12.5 Å². The quantitative estimate of drug-likeness (QED) is 0.334. The Hall–Kier alpha value is -3.77. The van der Waals surface area contributed by atoms with E-state index in [0.717, 1.165) is 11.9 Å². The monoisotopic (exact) mass is 444 g/mol. The molecule has 2 aromatic carbocycles.